The fraction of sp³-hybridized carbons (Fsp3) is 0.389. The lowest BCUT2D eigenvalue weighted by Gasteiger charge is -2.35. The molecule has 2 aromatic heterocycles. The monoisotopic (exact) mass is 475 g/mol. The van der Waals surface area contributed by atoms with E-state index in [0.717, 1.165) is 17.7 Å². The number of pyridine rings is 2. The molecule has 0 fully saturated rings. The van der Waals surface area contributed by atoms with Crippen LogP contribution in [0.5, 0.6) is 0 Å². The van der Waals surface area contributed by atoms with Gasteiger partial charge in [0.2, 0.25) is 17.9 Å². The molecule has 1 unspecified atom stereocenters. The largest absolute Gasteiger partial charge is 0.426 e. The molecule has 11 heteroatoms. The van der Waals surface area contributed by atoms with Crippen LogP contribution in [0.4, 0.5) is 29.6 Å². The number of halogens is 4. The molecule has 1 atom stereocenters. The standard InChI is InChI=1S/C18H18BrF3N4O3/c1-28-16(29-2)14-12(19)8-10-4-3-7-26(17(23)27,15(10)25-14)13-6-5-11(9-24-13)18(20,21)22/h5-6,8-9,16H,3-4,7H2,1-2H3,(H-,23,27)/p+1. The zero-order chi connectivity index (χ0) is 21.4. The van der Waals surface area contributed by atoms with Crippen LogP contribution in [0.15, 0.2) is 28.9 Å². The molecule has 1 aliphatic rings. The molecular weight excluding hydrogens is 457 g/mol. The Kier molecular flexibility index (Phi) is 5.95. The molecule has 0 aromatic carbocycles. The molecule has 2 N–H and O–H groups in total. The molecule has 0 aliphatic carbocycles. The number of nitrogens with two attached hydrogens (primary N) is 1. The first-order valence-corrected chi connectivity index (χ1v) is 9.41. The zero-order valence-corrected chi connectivity index (χ0v) is 17.2. The first-order chi connectivity index (χ1) is 13.6. The Balaban J connectivity index is 2.22. The summed E-state index contributed by atoms with van der Waals surface area (Å²) in [5.41, 5.74) is 5.96. The zero-order valence-electron chi connectivity index (χ0n) is 15.7. The third-order valence-electron chi connectivity index (χ3n) is 4.85. The summed E-state index contributed by atoms with van der Waals surface area (Å²) in [6.45, 7) is 0.222. The molecule has 3 rings (SSSR count). The molecule has 29 heavy (non-hydrogen) atoms. The van der Waals surface area contributed by atoms with E-state index in [0.29, 0.717) is 35.0 Å². The topological polar surface area (TPSA) is 87.3 Å². The summed E-state index contributed by atoms with van der Waals surface area (Å²) in [6, 6.07) is 3.05. The van der Waals surface area contributed by atoms with Crippen LogP contribution >= 0.6 is 15.9 Å². The SMILES string of the molecule is COC(OC)c1nc2c(cc1Br)CCC[N+]2(C(N)=O)c1ccc(C(F)(F)F)cn1. The van der Waals surface area contributed by atoms with Crippen molar-refractivity contribution in [2.24, 2.45) is 5.73 Å². The van der Waals surface area contributed by atoms with Crippen LogP contribution in [0.3, 0.4) is 0 Å². The normalized spacial score (nSPS) is 19.3. The Morgan fingerprint density at radius 3 is 2.52 bits per heavy atom. The van der Waals surface area contributed by atoms with E-state index < -0.39 is 28.5 Å². The Hall–Kier alpha value is -2.08. The van der Waals surface area contributed by atoms with E-state index >= 15 is 0 Å². The van der Waals surface area contributed by atoms with Gasteiger partial charge in [-0.15, -0.1) is 4.48 Å². The smallest absolute Gasteiger partial charge is 0.350 e. The van der Waals surface area contributed by atoms with Gasteiger partial charge < -0.3 is 15.2 Å². The highest BCUT2D eigenvalue weighted by molar-refractivity contribution is 9.10. The van der Waals surface area contributed by atoms with Crippen LogP contribution in [0.25, 0.3) is 0 Å². The second-order valence-corrected chi connectivity index (χ2v) is 7.37. The van der Waals surface area contributed by atoms with E-state index in [-0.39, 0.29) is 12.4 Å². The van der Waals surface area contributed by atoms with E-state index in [9.17, 15) is 18.0 Å². The second kappa shape index (κ2) is 7.98. The molecule has 2 aromatic rings. The summed E-state index contributed by atoms with van der Waals surface area (Å²) in [4.78, 5) is 21.2. The van der Waals surface area contributed by atoms with Crippen molar-refractivity contribution in [3.05, 3.63) is 45.7 Å². The van der Waals surface area contributed by atoms with Crippen LogP contribution in [0.1, 0.15) is 29.5 Å². The van der Waals surface area contributed by atoms with Crippen LogP contribution in [-0.4, -0.2) is 36.8 Å². The van der Waals surface area contributed by atoms with Crippen LogP contribution in [0.2, 0.25) is 0 Å². The number of fused-ring (bicyclic) bond motifs is 1. The fourth-order valence-corrected chi connectivity index (χ4v) is 4.02. The highest BCUT2D eigenvalue weighted by atomic mass is 79.9. The van der Waals surface area contributed by atoms with Crippen LogP contribution < -0.4 is 10.2 Å². The number of carbonyl (C=O) groups is 1. The summed E-state index contributed by atoms with van der Waals surface area (Å²) in [5, 5.41) is 0. The predicted molar refractivity (Wildman–Crippen MR) is 102 cm³/mol. The molecular formula is C18H19BrF3N4O3+. The summed E-state index contributed by atoms with van der Waals surface area (Å²) in [5.74, 6) is 0.368. The number of aryl methyl sites for hydroxylation is 1. The number of ether oxygens (including phenoxy) is 2. The van der Waals surface area contributed by atoms with Gasteiger partial charge >= 0.3 is 12.2 Å². The summed E-state index contributed by atoms with van der Waals surface area (Å²) in [7, 11) is 2.88. The average Bonchev–Trinajstić information content (AvgIpc) is 2.68. The number of rotatable bonds is 4. The van der Waals surface area contributed by atoms with Gasteiger partial charge in [-0.25, -0.2) is 9.78 Å². The number of hydrogen-bond acceptors (Lipinski definition) is 5. The van der Waals surface area contributed by atoms with E-state index in [1.807, 2.05) is 0 Å². The number of carbonyl (C=O) groups excluding carboxylic acids is 1. The Morgan fingerprint density at radius 2 is 2.00 bits per heavy atom. The van der Waals surface area contributed by atoms with Gasteiger partial charge in [0.1, 0.15) is 12.2 Å². The predicted octanol–water partition coefficient (Wildman–Crippen LogP) is 4.21. The number of nitrogens with zero attached hydrogens (tertiary/aromatic N) is 3. The van der Waals surface area contributed by atoms with Crippen molar-refractivity contribution in [2.75, 3.05) is 20.8 Å². The minimum atomic E-state index is -4.54. The Labute approximate surface area is 173 Å². The Bertz CT molecular complexity index is 920. The molecule has 1 aliphatic heterocycles. The highest BCUT2D eigenvalue weighted by Gasteiger charge is 2.48. The molecule has 156 valence electrons. The van der Waals surface area contributed by atoms with Crippen LogP contribution in [0, 0.1) is 0 Å². The lowest BCUT2D eigenvalue weighted by Crippen LogP contribution is -2.56. The lowest BCUT2D eigenvalue weighted by molar-refractivity contribution is -0.137. The number of alkyl halides is 3. The maximum absolute atomic E-state index is 12.9. The van der Waals surface area contributed by atoms with E-state index in [1.165, 1.54) is 14.2 Å². The number of quaternary nitrogens is 1. The van der Waals surface area contributed by atoms with Gasteiger partial charge in [-0.1, -0.05) is 0 Å². The van der Waals surface area contributed by atoms with Gasteiger partial charge in [0.05, 0.1) is 5.56 Å². The van der Waals surface area contributed by atoms with Gasteiger partial charge in [0.15, 0.2) is 0 Å². The Morgan fingerprint density at radius 1 is 1.31 bits per heavy atom. The van der Waals surface area contributed by atoms with Crippen molar-refractivity contribution >= 4 is 33.6 Å². The quantitative estimate of drug-likeness (QED) is 0.528. The van der Waals surface area contributed by atoms with Crippen molar-refractivity contribution in [2.45, 2.75) is 25.3 Å². The number of urea groups is 1. The van der Waals surface area contributed by atoms with Gasteiger partial charge in [-0.3, -0.25) is 0 Å². The fourth-order valence-electron chi connectivity index (χ4n) is 3.47. The number of primary amides is 1. The molecule has 0 radical (unpaired) electrons. The number of hydrogen-bond donors (Lipinski definition) is 1. The summed E-state index contributed by atoms with van der Waals surface area (Å²) in [6.07, 6.45) is -3.46. The van der Waals surface area contributed by atoms with E-state index in [4.69, 9.17) is 15.2 Å². The maximum Gasteiger partial charge on any atom is 0.426 e. The molecule has 7 nitrogen and oxygen atoms in total. The molecule has 0 spiro atoms. The highest BCUT2D eigenvalue weighted by Crippen LogP contribution is 2.42. The molecule has 0 saturated carbocycles. The van der Waals surface area contributed by atoms with E-state index in [2.05, 4.69) is 25.9 Å². The van der Waals surface area contributed by atoms with Crippen LogP contribution in [-0.2, 0) is 22.1 Å². The molecule has 3 heterocycles. The van der Waals surface area contributed by atoms with E-state index in [1.54, 1.807) is 6.07 Å². The van der Waals surface area contributed by atoms with Crippen molar-refractivity contribution in [1.82, 2.24) is 14.5 Å². The van der Waals surface area contributed by atoms with Crippen molar-refractivity contribution in [3.8, 4) is 0 Å². The van der Waals surface area contributed by atoms with Gasteiger partial charge in [0.25, 0.3) is 0 Å². The van der Waals surface area contributed by atoms with Crippen molar-refractivity contribution < 1.29 is 27.4 Å². The number of aromatic nitrogens is 2. The molecule has 0 saturated heterocycles. The van der Waals surface area contributed by atoms with Gasteiger partial charge in [-0.05, 0) is 34.5 Å². The molecule has 2 amide bonds. The second-order valence-electron chi connectivity index (χ2n) is 6.52. The van der Waals surface area contributed by atoms with Crippen molar-refractivity contribution in [1.29, 1.82) is 0 Å². The first kappa shape index (κ1) is 21.6. The third-order valence-corrected chi connectivity index (χ3v) is 5.49. The summed E-state index contributed by atoms with van der Waals surface area (Å²) < 4.78 is 49.4. The maximum atomic E-state index is 12.9. The first-order valence-electron chi connectivity index (χ1n) is 8.62. The average molecular weight is 476 g/mol. The van der Waals surface area contributed by atoms with Gasteiger partial charge in [-0.2, -0.15) is 18.2 Å². The number of amides is 2. The number of methoxy groups -OCH3 is 2. The molecule has 0 bridgehead atoms. The third kappa shape index (κ3) is 3.75. The minimum Gasteiger partial charge on any atom is -0.350 e. The van der Waals surface area contributed by atoms with Crippen molar-refractivity contribution in [3.63, 3.8) is 0 Å². The summed E-state index contributed by atoms with van der Waals surface area (Å²) >= 11 is 3.43. The minimum absolute atomic E-state index is 0.0682. The van der Waals surface area contributed by atoms with Gasteiger partial charge in [0, 0.05) is 42.9 Å². The lowest BCUT2D eigenvalue weighted by atomic mass is 10.0.